The fourth-order valence-corrected chi connectivity index (χ4v) is 2.35. The van der Waals surface area contributed by atoms with E-state index in [9.17, 15) is 9.59 Å². The maximum atomic E-state index is 12.7. The highest BCUT2D eigenvalue weighted by molar-refractivity contribution is 5.99. The summed E-state index contributed by atoms with van der Waals surface area (Å²) in [6, 6.07) is -0.475. The quantitative estimate of drug-likeness (QED) is 0.834. The number of nitrogens with one attached hydrogen (secondary N) is 1. The van der Waals surface area contributed by atoms with E-state index in [1.165, 1.54) is 0 Å². The summed E-state index contributed by atoms with van der Waals surface area (Å²) in [5.41, 5.74) is -1.08. The topological polar surface area (TPSA) is 58.6 Å². The molecule has 2 amide bonds. The normalized spacial score (nSPS) is 28.5. The molecule has 2 unspecified atom stereocenters. The molecule has 0 spiro atoms. The van der Waals surface area contributed by atoms with E-state index in [2.05, 4.69) is 5.32 Å². The van der Waals surface area contributed by atoms with Crippen molar-refractivity contribution in [1.82, 2.24) is 10.2 Å². The first-order valence-corrected chi connectivity index (χ1v) is 6.80. The first-order valence-electron chi connectivity index (χ1n) is 6.80. The second-order valence-electron chi connectivity index (χ2n) is 6.38. The van der Waals surface area contributed by atoms with Gasteiger partial charge in [-0.3, -0.25) is 9.59 Å². The van der Waals surface area contributed by atoms with Crippen LogP contribution in [0, 0.1) is 5.41 Å². The summed E-state index contributed by atoms with van der Waals surface area (Å²) in [6.45, 7) is 10.5. The molecule has 0 aromatic rings. The Morgan fingerprint density at radius 3 is 2.37 bits per heavy atom. The van der Waals surface area contributed by atoms with E-state index >= 15 is 0 Å². The van der Waals surface area contributed by atoms with Gasteiger partial charge in [0, 0.05) is 13.7 Å². The molecular formula is C14H26N2O3. The van der Waals surface area contributed by atoms with Crippen molar-refractivity contribution in [3.05, 3.63) is 0 Å². The number of hydrogen-bond donors (Lipinski definition) is 1. The monoisotopic (exact) mass is 270 g/mol. The smallest absolute Gasteiger partial charge is 0.246 e. The van der Waals surface area contributed by atoms with Gasteiger partial charge in [-0.25, -0.2) is 0 Å². The number of carbonyl (C=O) groups excluding carboxylic acids is 2. The second-order valence-corrected chi connectivity index (χ2v) is 6.38. The van der Waals surface area contributed by atoms with Gasteiger partial charge in [0.2, 0.25) is 11.8 Å². The molecule has 1 heterocycles. The van der Waals surface area contributed by atoms with Crippen LogP contribution >= 0.6 is 0 Å². The maximum Gasteiger partial charge on any atom is 0.246 e. The molecule has 2 atom stereocenters. The SMILES string of the molecule is CCC1(C)C(=O)NC(C(C)(C)C)C(=O)N1CCOC. The molecule has 0 aromatic heterocycles. The number of piperazine rings is 1. The molecule has 0 saturated carbocycles. The lowest BCUT2D eigenvalue weighted by molar-refractivity contribution is -0.160. The van der Waals surface area contributed by atoms with Gasteiger partial charge in [0.25, 0.3) is 0 Å². The van der Waals surface area contributed by atoms with Gasteiger partial charge in [-0.1, -0.05) is 27.7 Å². The Kier molecular flexibility index (Phi) is 4.61. The molecule has 1 saturated heterocycles. The number of nitrogens with zero attached hydrogens (tertiary/aromatic N) is 1. The van der Waals surface area contributed by atoms with E-state index in [0.29, 0.717) is 19.6 Å². The van der Waals surface area contributed by atoms with Crippen LogP contribution in [0.25, 0.3) is 0 Å². The lowest BCUT2D eigenvalue weighted by Gasteiger charge is -2.48. The third-order valence-electron chi connectivity index (χ3n) is 3.95. The van der Waals surface area contributed by atoms with Crippen LogP contribution in [-0.2, 0) is 14.3 Å². The van der Waals surface area contributed by atoms with Crippen LogP contribution in [0.2, 0.25) is 0 Å². The Morgan fingerprint density at radius 1 is 1.37 bits per heavy atom. The molecule has 0 aliphatic carbocycles. The fourth-order valence-electron chi connectivity index (χ4n) is 2.35. The standard InChI is InChI=1S/C14H26N2O3/c1-7-14(5)12(18)15-10(13(2,3)4)11(17)16(14)8-9-19-6/h10H,7-9H2,1-6H3,(H,15,18). The van der Waals surface area contributed by atoms with Crippen molar-refractivity contribution in [3.63, 3.8) is 0 Å². The van der Waals surface area contributed by atoms with Crippen molar-refractivity contribution in [2.45, 2.75) is 52.6 Å². The number of amides is 2. The van der Waals surface area contributed by atoms with Crippen LogP contribution in [-0.4, -0.2) is 48.6 Å². The predicted octanol–water partition coefficient (Wildman–Crippen LogP) is 1.17. The fraction of sp³-hybridized carbons (Fsp3) is 0.857. The zero-order valence-electron chi connectivity index (χ0n) is 12.9. The minimum absolute atomic E-state index is 0.0199. The molecule has 0 radical (unpaired) electrons. The first kappa shape index (κ1) is 16.0. The minimum atomic E-state index is -0.780. The van der Waals surface area contributed by atoms with Crippen molar-refractivity contribution in [1.29, 1.82) is 0 Å². The van der Waals surface area contributed by atoms with Crippen molar-refractivity contribution in [2.75, 3.05) is 20.3 Å². The van der Waals surface area contributed by atoms with E-state index in [1.807, 2.05) is 34.6 Å². The highest BCUT2D eigenvalue weighted by atomic mass is 16.5. The Labute approximate surface area is 115 Å². The van der Waals surface area contributed by atoms with Crippen LogP contribution in [0.15, 0.2) is 0 Å². The highest BCUT2D eigenvalue weighted by Gasteiger charge is 2.50. The number of methoxy groups -OCH3 is 1. The molecule has 1 fully saturated rings. The van der Waals surface area contributed by atoms with E-state index in [0.717, 1.165) is 0 Å². The van der Waals surface area contributed by atoms with Crippen molar-refractivity contribution in [3.8, 4) is 0 Å². The van der Waals surface area contributed by atoms with Crippen molar-refractivity contribution in [2.24, 2.45) is 5.41 Å². The highest BCUT2D eigenvalue weighted by Crippen LogP contribution is 2.31. The van der Waals surface area contributed by atoms with Crippen LogP contribution in [0.4, 0.5) is 0 Å². The zero-order valence-corrected chi connectivity index (χ0v) is 12.9. The molecule has 1 aliphatic rings. The number of ether oxygens (including phenoxy) is 1. The van der Waals surface area contributed by atoms with E-state index < -0.39 is 11.6 Å². The number of hydrogen-bond acceptors (Lipinski definition) is 3. The molecule has 1 aliphatic heterocycles. The Hall–Kier alpha value is -1.10. The van der Waals surface area contributed by atoms with E-state index in [4.69, 9.17) is 4.74 Å². The van der Waals surface area contributed by atoms with Gasteiger partial charge in [0.05, 0.1) is 6.61 Å². The second kappa shape index (κ2) is 5.49. The van der Waals surface area contributed by atoms with Crippen molar-refractivity contribution >= 4 is 11.8 Å². The van der Waals surface area contributed by atoms with Gasteiger partial charge >= 0.3 is 0 Å². The summed E-state index contributed by atoms with van der Waals surface area (Å²) in [7, 11) is 1.60. The van der Waals surface area contributed by atoms with Crippen LogP contribution in [0.1, 0.15) is 41.0 Å². The Morgan fingerprint density at radius 2 is 1.95 bits per heavy atom. The van der Waals surface area contributed by atoms with Crippen molar-refractivity contribution < 1.29 is 14.3 Å². The molecule has 0 bridgehead atoms. The molecule has 0 aromatic carbocycles. The maximum absolute atomic E-state index is 12.7. The average molecular weight is 270 g/mol. The van der Waals surface area contributed by atoms with Gasteiger partial charge in [0.15, 0.2) is 0 Å². The average Bonchev–Trinajstić information content (AvgIpc) is 2.32. The molecule has 110 valence electrons. The molecule has 19 heavy (non-hydrogen) atoms. The molecule has 1 N–H and O–H groups in total. The number of carbonyl (C=O) groups is 2. The summed E-state index contributed by atoms with van der Waals surface area (Å²) < 4.78 is 5.06. The van der Waals surface area contributed by atoms with Gasteiger partial charge in [0.1, 0.15) is 11.6 Å². The van der Waals surface area contributed by atoms with Crippen LogP contribution < -0.4 is 5.32 Å². The lowest BCUT2D eigenvalue weighted by atomic mass is 9.80. The molecular weight excluding hydrogens is 244 g/mol. The van der Waals surface area contributed by atoms with E-state index in [-0.39, 0.29) is 17.2 Å². The third-order valence-corrected chi connectivity index (χ3v) is 3.95. The summed E-state index contributed by atoms with van der Waals surface area (Å²) in [5, 5.41) is 2.88. The van der Waals surface area contributed by atoms with Gasteiger partial charge in [-0.2, -0.15) is 0 Å². The van der Waals surface area contributed by atoms with Gasteiger partial charge < -0.3 is 15.0 Å². The zero-order chi connectivity index (χ0) is 14.8. The largest absolute Gasteiger partial charge is 0.383 e. The summed E-state index contributed by atoms with van der Waals surface area (Å²) in [4.78, 5) is 26.7. The van der Waals surface area contributed by atoms with Gasteiger partial charge in [-0.05, 0) is 18.8 Å². The molecule has 5 nitrogen and oxygen atoms in total. The van der Waals surface area contributed by atoms with E-state index in [1.54, 1.807) is 12.0 Å². The molecule has 1 rings (SSSR count). The molecule has 5 heteroatoms. The predicted molar refractivity (Wildman–Crippen MR) is 73.7 cm³/mol. The Balaban J connectivity index is 3.09. The van der Waals surface area contributed by atoms with Crippen LogP contribution in [0.3, 0.4) is 0 Å². The third kappa shape index (κ3) is 2.91. The first-order chi connectivity index (χ1) is 8.68. The lowest BCUT2D eigenvalue weighted by Crippen LogP contribution is -2.72. The summed E-state index contributed by atoms with van der Waals surface area (Å²) in [5.74, 6) is -0.0980. The Bertz CT molecular complexity index is 362. The summed E-state index contributed by atoms with van der Waals surface area (Å²) >= 11 is 0. The number of rotatable bonds is 4. The summed E-state index contributed by atoms with van der Waals surface area (Å²) in [6.07, 6.45) is 0.588. The van der Waals surface area contributed by atoms with Crippen LogP contribution in [0.5, 0.6) is 0 Å². The van der Waals surface area contributed by atoms with Gasteiger partial charge in [-0.15, -0.1) is 0 Å². The minimum Gasteiger partial charge on any atom is -0.383 e.